The Hall–Kier alpha value is -4.70. The van der Waals surface area contributed by atoms with Gasteiger partial charge >= 0.3 is 0 Å². The Morgan fingerprint density at radius 2 is 1.85 bits per heavy atom. The molecule has 7 heteroatoms. The van der Waals surface area contributed by atoms with Gasteiger partial charge < -0.3 is 10.2 Å². The van der Waals surface area contributed by atoms with E-state index in [1.54, 1.807) is 6.33 Å². The van der Waals surface area contributed by atoms with Crippen LogP contribution in [0.1, 0.15) is 19.4 Å². The molecule has 0 fully saturated rings. The highest BCUT2D eigenvalue weighted by atomic mass is 16.1. The van der Waals surface area contributed by atoms with Crippen molar-refractivity contribution >= 4 is 39.8 Å². The zero-order valence-electron chi connectivity index (χ0n) is 19.1. The minimum Gasteiger partial charge on any atom is -0.329 e. The molecule has 0 atom stereocenters. The quantitative estimate of drug-likeness (QED) is 0.391. The molecule has 2 heterocycles. The lowest BCUT2D eigenvalue weighted by atomic mass is 10.0. The molecule has 1 N–H and O–H groups in total. The summed E-state index contributed by atoms with van der Waals surface area (Å²) >= 11 is 0. The second-order valence-electron chi connectivity index (χ2n) is 7.91. The van der Waals surface area contributed by atoms with Crippen LogP contribution in [0.4, 0.5) is 17.2 Å². The molecule has 0 spiro atoms. The standard InChI is InChI=1S/C27H22N6O/c1-4-6-19-9-14-24-25(15-19)33-17-28-31-27(33)30-26(24)32(3)23-8-5-7-21(16-23)20-10-12-22(13-11-20)29-18(2)34/h5,7-17H,1-3H3,(H,29,34). The predicted octanol–water partition coefficient (Wildman–Crippen LogP) is 5.04. The summed E-state index contributed by atoms with van der Waals surface area (Å²) in [5.41, 5.74) is 5.74. The van der Waals surface area contributed by atoms with Crippen LogP contribution in [0.3, 0.4) is 0 Å². The first-order valence-corrected chi connectivity index (χ1v) is 10.8. The second-order valence-corrected chi connectivity index (χ2v) is 7.91. The molecule has 0 unspecified atom stereocenters. The van der Waals surface area contributed by atoms with Crippen molar-refractivity contribution in [3.63, 3.8) is 0 Å². The van der Waals surface area contributed by atoms with E-state index in [2.05, 4.69) is 44.4 Å². The van der Waals surface area contributed by atoms with E-state index >= 15 is 0 Å². The van der Waals surface area contributed by atoms with Gasteiger partial charge in [-0.05, 0) is 60.5 Å². The molecule has 34 heavy (non-hydrogen) atoms. The van der Waals surface area contributed by atoms with E-state index in [9.17, 15) is 4.79 Å². The lowest BCUT2D eigenvalue weighted by Crippen LogP contribution is -2.13. The SMILES string of the molecule is CC#Cc1ccc2c(N(C)c3cccc(-c4ccc(NC(C)=O)cc4)c3)nc3nncn3c2c1. The molecular weight excluding hydrogens is 424 g/mol. The van der Waals surface area contributed by atoms with Crippen LogP contribution in [0.5, 0.6) is 0 Å². The van der Waals surface area contributed by atoms with Gasteiger partial charge in [-0.15, -0.1) is 16.1 Å². The van der Waals surface area contributed by atoms with E-state index in [1.165, 1.54) is 6.92 Å². The van der Waals surface area contributed by atoms with Gasteiger partial charge in [0.15, 0.2) is 0 Å². The molecule has 0 aliphatic carbocycles. The Morgan fingerprint density at radius 3 is 2.62 bits per heavy atom. The van der Waals surface area contributed by atoms with Crippen molar-refractivity contribution in [2.45, 2.75) is 13.8 Å². The van der Waals surface area contributed by atoms with Crippen LogP contribution in [0.2, 0.25) is 0 Å². The third-order valence-electron chi connectivity index (χ3n) is 5.59. The number of rotatable bonds is 4. The van der Waals surface area contributed by atoms with E-state index in [-0.39, 0.29) is 5.91 Å². The smallest absolute Gasteiger partial charge is 0.257 e. The van der Waals surface area contributed by atoms with Crippen molar-refractivity contribution in [2.24, 2.45) is 0 Å². The lowest BCUT2D eigenvalue weighted by molar-refractivity contribution is -0.114. The molecule has 0 bridgehead atoms. The first kappa shape index (κ1) is 21.2. The van der Waals surface area contributed by atoms with Gasteiger partial charge in [0, 0.05) is 36.3 Å². The highest BCUT2D eigenvalue weighted by Gasteiger charge is 2.15. The summed E-state index contributed by atoms with van der Waals surface area (Å²) in [6, 6.07) is 22.1. The minimum absolute atomic E-state index is 0.0883. The summed E-state index contributed by atoms with van der Waals surface area (Å²) < 4.78 is 1.88. The number of hydrogen-bond acceptors (Lipinski definition) is 5. The average molecular weight is 447 g/mol. The van der Waals surface area contributed by atoms with Crippen LogP contribution in [0.15, 0.2) is 73.1 Å². The van der Waals surface area contributed by atoms with Crippen molar-refractivity contribution in [1.82, 2.24) is 19.6 Å². The fourth-order valence-electron chi connectivity index (χ4n) is 3.99. The molecule has 166 valence electrons. The topological polar surface area (TPSA) is 75.4 Å². The number of hydrogen-bond donors (Lipinski definition) is 1. The van der Waals surface area contributed by atoms with Crippen LogP contribution in [-0.4, -0.2) is 32.5 Å². The van der Waals surface area contributed by atoms with Crippen molar-refractivity contribution in [2.75, 3.05) is 17.3 Å². The monoisotopic (exact) mass is 446 g/mol. The lowest BCUT2D eigenvalue weighted by Gasteiger charge is -2.21. The second kappa shape index (κ2) is 8.68. The van der Waals surface area contributed by atoms with Crippen LogP contribution < -0.4 is 10.2 Å². The largest absolute Gasteiger partial charge is 0.329 e. The highest BCUT2D eigenvalue weighted by Crippen LogP contribution is 2.33. The number of anilines is 3. The molecule has 0 aliphatic rings. The maximum atomic E-state index is 11.3. The van der Waals surface area contributed by atoms with Crippen LogP contribution in [-0.2, 0) is 4.79 Å². The number of nitrogens with one attached hydrogen (secondary N) is 1. The van der Waals surface area contributed by atoms with E-state index in [0.717, 1.165) is 44.8 Å². The van der Waals surface area contributed by atoms with Crippen molar-refractivity contribution < 1.29 is 4.79 Å². The Bertz CT molecular complexity index is 1590. The minimum atomic E-state index is -0.0883. The Kier molecular flexibility index (Phi) is 5.40. The van der Waals surface area contributed by atoms with Crippen LogP contribution >= 0.6 is 0 Å². The summed E-state index contributed by atoms with van der Waals surface area (Å²) in [7, 11) is 1.99. The number of fused-ring (bicyclic) bond motifs is 3. The summed E-state index contributed by atoms with van der Waals surface area (Å²) in [5, 5.41) is 12.0. The molecule has 7 nitrogen and oxygen atoms in total. The molecule has 1 amide bonds. The number of benzene rings is 3. The third-order valence-corrected chi connectivity index (χ3v) is 5.59. The summed E-state index contributed by atoms with van der Waals surface area (Å²) in [5.74, 6) is 7.29. The normalized spacial score (nSPS) is 10.7. The highest BCUT2D eigenvalue weighted by molar-refractivity contribution is 5.94. The van der Waals surface area contributed by atoms with Crippen molar-refractivity contribution in [1.29, 1.82) is 0 Å². The molecule has 3 aromatic carbocycles. The summed E-state index contributed by atoms with van der Waals surface area (Å²) in [4.78, 5) is 18.1. The maximum absolute atomic E-state index is 11.3. The van der Waals surface area contributed by atoms with Crippen molar-refractivity contribution in [3.05, 3.63) is 78.6 Å². The number of aromatic nitrogens is 4. The summed E-state index contributed by atoms with van der Waals surface area (Å²) in [6.45, 7) is 3.32. The van der Waals surface area contributed by atoms with E-state index in [0.29, 0.717) is 5.78 Å². The van der Waals surface area contributed by atoms with E-state index < -0.39 is 0 Å². The first-order chi connectivity index (χ1) is 16.5. The number of carbonyl (C=O) groups excluding carboxylic acids is 1. The summed E-state index contributed by atoms with van der Waals surface area (Å²) in [6.07, 6.45) is 1.67. The van der Waals surface area contributed by atoms with Crippen LogP contribution in [0, 0.1) is 11.8 Å². The van der Waals surface area contributed by atoms with E-state index in [4.69, 9.17) is 4.98 Å². The molecule has 5 aromatic rings. The fourth-order valence-corrected chi connectivity index (χ4v) is 3.99. The zero-order chi connectivity index (χ0) is 23.7. The molecule has 0 saturated heterocycles. The van der Waals surface area contributed by atoms with Crippen molar-refractivity contribution in [3.8, 4) is 23.0 Å². The molecule has 0 saturated carbocycles. The van der Waals surface area contributed by atoms with Crippen LogP contribution in [0.25, 0.3) is 27.8 Å². The number of carbonyl (C=O) groups is 1. The fraction of sp³-hybridized carbons (Fsp3) is 0.111. The van der Waals surface area contributed by atoms with Gasteiger partial charge in [0.1, 0.15) is 12.1 Å². The molecular formula is C27H22N6O. The third kappa shape index (κ3) is 3.93. The van der Waals surface area contributed by atoms with Gasteiger partial charge in [0.05, 0.1) is 5.52 Å². The molecule has 2 aromatic heterocycles. The van der Waals surface area contributed by atoms with E-state index in [1.807, 2.05) is 73.0 Å². The number of amides is 1. The molecule has 0 radical (unpaired) electrons. The first-order valence-electron chi connectivity index (χ1n) is 10.8. The van der Waals surface area contributed by atoms with Gasteiger partial charge in [-0.3, -0.25) is 9.20 Å². The zero-order valence-corrected chi connectivity index (χ0v) is 19.1. The molecule has 5 rings (SSSR count). The van der Waals surface area contributed by atoms with Gasteiger partial charge in [0.2, 0.25) is 5.91 Å². The Balaban J connectivity index is 1.57. The Morgan fingerprint density at radius 1 is 1.03 bits per heavy atom. The maximum Gasteiger partial charge on any atom is 0.257 e. The number of nitrogens with zero attached hydrogens (tertiary/aromatic N) is 5. The van der Waals surface area contributed by atoms with Gasteiger partial charge in [0.25, 0.3) is 5.78 Å². The predicted molar refractivity (Wildman–Crippen MR) is 135 cm³/mol. The van der Waals surface area contributed by atoms with Gasteiger partial charge in [-0.1, -0.05) is 30.2 Å². The van der Waals surface area contributed by atoms with Gasteiger partial charge in [-0.25, -0.2) is 0 Å². The Labute approximate surface area is 197 Å². The van der Waals surface area contributed by atoms with Gasteiger partial charge in [-0.2, -0.15) is 4.98 Å². The molecule has 0 aliphatic heterocycles. The average Bonchev–Trinajstić information content (AvgIpc) is 3.32.